The van der Waals surface area contributed by atoms with Crippen LogP contribution >= 0.6 is 45.8 Å². The highest BCUT2D eigenvalue weighted by molar-refractivity contribution is 14.1. The third-order valence-corrected chi connectivity index (χ3v) is 4.70. The molecule has 0 aliphatic carbocycles. The molecule has 0 amide bonds. The molecule has 0 saturated heterocycles. The molecule has 0 aliphatic rings. The summed E-state index contributed by atoms with van der Waals surface area (Å²) in [5, 5.41) is 1.21. The van der Waals surface area contributed by atoms with Crippen LogP contribution < -0.4 is 0 Å². The fourth-order valence-electron chi connectivity index (χ4n) is 1.82. The van der Waals surface area contributed by atoms with Crippen LogP contribution in [0.1, 0.15) is 31.0 Å². The minimum Gasteiger partial charge on any atom is -0.232 e. The van der Waals surface area contributed by atoms with Crippen LogP contribution in [0.4, 0.5) is 0 Å². The van der Waals surface area contributed by atoms with Gasteiger partial charge in [-0.15, -0.1) is 0 Å². The van der Waals surface area contributed by atoms with Crippen molar-refractivity contribution in [1.82, 2.24) is 9.97 Å². The van der Waals surface area contributed by atoms with Gasteiger partial charge in [-0.25, -0.2) is 9.97 Å². The van der Waals surface area contributed by atoms with Crippen molar-refractivity contribution in [2.75, 3.05) is 0 Å². The van der Waals surface area contributed by atoms with E-state index in [9.17, 15) is 0 Å². The first kappa shape index (κ1) is 15.0. The Morgan fingerprint density at radius 3 is 2.42 bits per heavy atom. The minimum absolute atomic E-state index is 0.304. The largest absolute Gasteiger partial charge is 0.232 e. The smallest absolute Gasteiger partial charge is 0.161 e. The van der Waals surface area contributed by atoms with Gasteiger partial charge in [-0.2, -0.15) is 0 Å². The second-order valence-corrected chi connectivity index (χ2v) is 6.52. The zero-order valence-corrected chi connectivity index (χ0v) is 14.5. The fourth-order valence-corrected chi connectivity index (χ4v) is 3.08. The summed E-state index contributed by atoms with van der Waals surface area (Å²) >= 11 is 14.4. The maximum Gasteiger partial charge on any atom is 0.161 e. The van der Waals surface area contributed by atoms with Crippen molar-refractivity contribution in [1.29, 1.82) is 0 Å². The Balaban J connectivity index is 2.63. The monoisotopic (exact) mass is 406 g/mol. The lowest BCUT2D eigenvalue weighted by Gasteiger charge is -2.12. The van der Waals surface area contributed by atoms with Crippen molar-refractivity contribution in [3.8, 4) is 11.4 Å². The second-order valence-electron chi connectivity index (χ2n) is 4.65. The highest BCUT2D eigenvalue weighted by Gasteiger charge is 2.15. The van der Waals surface area contributed by atoms with Crippen molar-refractivity contribution in [2.24, 2.45) is 0 Å². The minimum atomic E-state index is 0.304. The number of nitrogens with zero attached hydrogens (tertiary/aromatic N) is 2. The third-order valence-electron chi connectivity index (χ3n) is 2.81. The highest BCUT2D eigenvalue weighted by atomic mass is 127. The van der Waals surface area contributed by atoms with Gasteiger partial charge in [0, 0.05) is 10.6 Å². The zero-order chi connectivity index (χ0) is 14.2. The van der Waals surface area contributed by atoms with Crippen LogP contribution in [0.25, 0.3) is 11.4 Å². The predicted octanol–water partition coefficient (Wildman–Crippen LogP) is 5.49. The van der Waals surface area contributed by atoms with Gasteiger partial charge in [-0.05, 0) is 59.2 Å². The molecule has 0 fully saturated rings. The lowest BCUT2D eigenvalue weighted by atomic mass is 10.1. The van der Waals surface area contributed by atoms with E-state index in [1.165, 1.54) is 0 Å². The van der Waals surface area contributed by atoms with E-state index >= 15 is 0 Å². The van der Waals surface area contributed by atoms with Gasteiger partial charge < -0.3 is 0 Å². The Bertz CT molecular complexity index is 627. The number of hydrogen-bond donors (Lipinski definition) is 0. The van der Waals surface area contributed by atoms with E-state index in [1.54, 1.807) is 0 Å². The van der Waals surface area contributed by atoms with E-state index in [-0.39, 0.29) is 0 Å². The first-order valence-corrected chi connectivity index (χ1v) is 7.73. The third kappa shape index (κ3) is 3.20. The van der Waals surface area contributed by atoms with Crippen molar-refractivity contribution in [3.05, 3.63) is 43.2 Å². The number of benzene rings is 1. The molecule has 0 N–H and O–H groups in total. The average molecular weight is 407 g/mol. The Morgan fingerprint density at radius 1 is 1.16 bits per heavy atom. The van der Waals surface area contributed by atoms with E-state index in [0.29, 0.717) is 21.9 Å². The lowest BCUT2D eigenvalue weighted by Crippen LogP contribution is -2.03. The van der Waals surface area contributed by atoms with Crippen LogP contribution in [0.5, 0.6) is 0 Å². The Hall–Kier alpha value is -0.390. The number of aryl methyl sites for hydroxylation is 1. The Kier molecular flexibility index (Phi) is 4.69. The van der Waals surface area contributed by atoms with Gasteiger partial charge in [0.15, 0.2) is 5.82 Å². The molecule has 1 aromatic carbocycles. The number of hydrogen-bond acceptors (Lipinski definition) is 2. The summed E-state index contributed by atoms with van der Waals surface area (Å²) in [6, 6.07) is 5.68. The van der Waals surface area contributed by atoms with Gasteiger partial charge in [-0.3, -0.25) is 0 Å². The quantitative estimate of drug-likeness (QED) is 0.487. The summed E-state index contributed by atoms with van der Waals surface area (Å²) in [6.07, 6.45) is 0. The molecule has 0 aliphatic heterocycles. The van der Waals surface area contributed by atoms with E-state index in [2.05, 4.69) is 46.4 Å². The summed E-state index contributed by atoms with van der Waals surface area (Å²) in [6.45, 7) is 6.18. The van der Waals surface area contributed by atoms with Crippen LogP contribution in [0.2, 0.25) is 10.2 Å². The molecule has 2 aromatic rings. The summed E-state index contributed by atoms with van der Waals surface area (Å²) in [5.41, 5.74) is 2.98. The van der Waals surface area contributed by atoms with Crippen LogP contribution in [0.3, 0.4) is 0 Å². The average Bonchev–Trinajstić information content (AvgIpc) is 2.32. The molecule has 0 saturated carbocycles. The maximum atomic E-state index is 6.21. The lowest BCUT2D eigenvalue weighted by molar-refractivity contribution is 0.808. The van der Waals surface area contributed by atoms with Crippen LogP contribution in [0, 0.1) is 10.5 Å². The predicted molar refractivity (Wildman–Crippen MR) is 89.0 cm³/mol. The molecule has 5 heteroatoms. The highest BCUT2D eigenvalue weighted by Crippen LogP contribution is 2.30. The molecule has 2 rings (SSSR count). The molecule has 100 valence electrons. The SMILES string of the molecule is Cc1cc(Cl)ccc1-c1nc(Cl)c(I)c(C(C)C)n1. The molecule has 0 spiro atoms. The molecule has 0 radical (unpaired) electrons. The van der Waals surface area contributed by atoms with Crippen LogP contribution in [0.15, 0.2) is 18.2 Å². The summed E-state index contributed by atoms with van der Waals surface area (Å²) < 4.78 is 0.921. The Morgan fingerprint density at radius 2 is 1.84 bits per heavy atom. The molecule has 0 unspecified atom stereocenters. The van der Waals surface area contributed by atoms with E-state index < -0.39 is 0 Å². The molecule has 19 heavy (non-hydrogen) atoms. The molecule has 1 aromatic heterocycles. The second kappa shape index (κ2) is 5.94. The van der Waals surface area contributed by atoms with Gasteiger partial charge in [-0.1, -0.05) is 37.0 Å². The van der Waals surface area contributed by atoms with Crippen LogP contribution in [-0.4, -0.2) is 9.97 Å². The first-order valence-electron chi connectivity index (χ1n) is 5.89. The molecule has 1 heterocycles. The molecule has 0 bridgehead atoms. The van der Waals surface area contributed by atoms with Crippen molar-refractivity contribution in [3.63, 3.8) is 0 Å². The summed E-state index contributed by atoms with van der Waals surface area (Å²) in [4.78, 5) is 9.03. The fraction of sp³-hybridized carbons (Fsp3) is 0.286. The van der Waals surface area contributed by atoms with Gasteiger partial charge in [0.25, 0.3) is 0 Å². The van der Waals surface area contributed by atoms with Gasteiger partial charge in [0.2, 0.25) is 0 Å². The van der Waals surface area contributed by atoms with E-state index in [0.717, 1.165) is 20.4 Å². The van der Waals surface area contributed by atoms with Gasteiger partial charge in [0.1, 0.15) is 5.15 Å². The number of halogens is 3. The first-order chi connectivity index (χ1) is 8.90. The van der Waals surface area contributed by atoms with E-state index in [4.69, 9.17) is 23.2 Å². The van der Waals surface area contributed by atoms with Crippen molar-refractivity contribution < 1.29 is 0 Å². The van der Waals surface area contributed by atoms with Crippen LogP contribution in [-0.2, 0) is 0 Å². The maximum absolute atomic E-state index is 6.21. The topological polar surface area (TPSA) is 25.8 Å². The van der Waals surface area contributed by atoms with Gasteiger partial charge >= 0.3 is 0 Å². The normalized spacial score (nSPS) is 11.1. The Labute approximate surface area is 136 Å². The van der Waals surface area contributed by atoms with Crippen molar-refractivity contribution >= 4 is 45.8 Å². The molecule has 0 atom stereocenters. The number of rotatable bonds is 2. The molecular weight excluding hydrogens is 394 g/mol. The summed E-state index contributed by atoms with van der Waals surface area (Å²) in [7, 11) is 0. The summed E-state index contributed by atoms with van der Waals surface area (Å²) in [5.74, 6) is 0.960. The van der Waals surface area contributed by atoms with E-state index in [1.807, 2.05) is 25.1 Å². The van der Waals surface area contributed by atoms with Crippen molar-refractivity contribution in [2.45, 2.75) is 26.7 Å². The number of aromatic nitrogens is 2. The molecule has 2 nitrogen and oxygen atoms in total. The molecular formula is C14H13Cl2IN2. The standard InChI is InChI=1S/C14H13Cl2IN2/c1-7(2)12-11(17)13(16)19-14(18-12)10-5-4-9(15)6-8(10)3/h4-7H,1-3H3. The van der Waals surface area contributed by atoms with Gasteiger partial charge in [0.05, 0.1) is 9.26 Å². The zero-order valence-electron chi connectivity index (χ0n) is 10.8.